The molecule has 10 heteroatoms. The molecule has 144 valence electrons. The van der Waals surface area contributed by atoms with Gasteiger partial charge in [-0.1, -0.05) is 23.1 Å². The molecule has 0 radical (unpaired) electrons. The summed E-state index contributed by atoms with van der Waals surface area (Å²) in [5.74, 6) is -0.172. The van der Waals surface area contributed by atoms with Crippen LogP contribution in [0.5, 0.6) is 5.75 Å². The molecule has 2 N–H and O–H groups in total. The van der Waals surface area contributed by atoms with E-state index in [0.29, 0.717) is 26.5 Å². The van der Waals surface area contributed by atoms with Crippen LogP contribution in [0.1, 0.15) is 10.4 Å². The van der Waals surface area contributed by atoms with Crippen molar-refractivity contribution in [3.63, 3.8) is 0 Å². The maximum absolute atomic E-state index is 12.9. The van der Waals surface area contributed by atoms with Crippen molar-refractivity contribution in [2.45, 2.75) is 4.34 Å². The van der Waals surface area contributed by atoms with Crippen molar-refractivity contribution >= 4 is 45.7 Å². The molecule has 1 aromatic heterocycles. The number of carbonyl (C=O) groups excluding carboxylic acids is 2. The highest BCUT2D eigenvalue weighted by atomic mass is 32.2. The highest BCUT2D eigenvalue weighted by Gasteiger charge is 2.12. The van der Waals surface area contributed by atoms with Gasteiger partial charge in [-0.05, 0) is 48.5 Å². The Morgan fingerprint density at radius 2 is 1.79 bits per heavy atom. The summed E-state index contributed by atoms with van der Waals surface area (Å²) in [7, 11) is 1.57. The largest absolute Gasteiger partial charge is 0.497 e. The zero-order valence-corrected chi connectivity index (χ0v) is 16.3. The number of ether oxygens (including phenoxy) is 1. The average Bonchev–Trinajstić information content (AvgIpc) is 3.15. The maximum Gasteiger partial charge on any atom is 0.257 e. The number of methoxy groups -OCH3 is 1. The molecule has 3 aromatic rings. The second-order valence-electron chi connectivity index (χ2n) is 5.40. The van der Waals surface area contributed by atoms with Crippen LogP contribution in [0.4, 0.5) is 15.2 Å². The first kappa shape index (κ1) is 19.8. The van der Waals surface area contributed by atoms with E-state index in [1.165, 1.54) is 36.0 Å². The number of thioether (sulfide) groups is 1. The molecule has 0 bridgehead atoms. The number of aromatic nitrogens is 2. The van der Waals surface area contributed by atoms with Gasteiger partial charge in [0.25, 0.3) is 5.91 Å². The molecule has 0 unspecified atom stereocenters. The second-order valence-corrected chi connectivity index (χ2v) is 7.60. The fourth-order valence-electron chi connectivity index (χ4n) is 2.09. The van der Waals surface area contributed by atoms with Crippen LogP contribution < -0.4 is 15.4 Å². The summed E-state index contributed by atoms with van der Waals surface area (Å²) < 4.78 is 18.5. The minimum atomic E-state index is -0.418. The van der Waals surface area contributed by atoms with E-state index < -0.39 is 11.7 Å². The first-order valence-electron chi connectivity index (χ1n) is 8.00. The topological polar surface area (TPSA) is 93.2 Å². The summed E-state index contributed by atoms with van der Waals surface area (Å²) in [6.07, 6.45) is 0. The summed E-state index contributed by atoms with van der Waals surface area (Å²) in [5.41, 5.74) is 0.973. The first-order chi connectivity index (χ1) is 13.5. The van der Waals surface area contributed by atoms with Crippen LogP contribution in [0.25, 0.3) is 0 Å². The molecule has 0 aliphatic heterocycles. The molecule has 0 fully saturated rings. The molecule has 0 aliphatic rings. The smallest absolute Gasteiger partial charge is 0.257 e. The molecule has 0 saturated heterocycles. The number of nitrogens with zero attached hydrogens (tertiary/aromatic N) is 2. The third kappa shape index (κ3) is 5.51. The van der Waals surface area contributed by atoms with Crippen molar-refractivity contribution in [2.75, 3.05) is 23.5 Å². The monoisotopic (exact) mass is 418 g/mol. The normalized spacial score (nSPS) is 10.4. The molecular formula is C18H15FN4O3S2. The number of amides is 2. The highest BCUT2D eigenvalue weighted by molar-refractivity contribution is 8.01. The summed E-state index contributed by atoms with van der Waals surface area (Å²) >= 11 is 2.36. The second kappa shape index (κ2) is 9.29. The predicted octanol–water partition coefficient (Wildman–Crippen LogP) is 3.67. The Morgan fingerprint density at radius 3 is 2.46 bits per heavy atom. The third-order valence-electron chi connectivity index (χ3n) is 3.43. The van der Waals surface area contributed by atoms with Crippen LogP contribution >= 0.6 is 23.1 Å². The van der Waals surface area contributed by atoms with E-state index in [1.807, 2.05) is 0 Å². The van der Waals surface area contributed by atoms with Gasteiger partial charge in [0.15, 0.2) is 4.34 Å². The lowest BCUT2D eigenvalue weighted by Crippen LogP contribution is -2.13. The van der Waals surface area contributed by atoms with Gasteiger partial charge in [0.2, 0.25) is 11.0 Å². The lowest BCUT2D eigenvalue weighted by atomic mass is 10.2. The molecule has 28 heavy (non-hydrogen) atoms. The van der Waals surface area contributed by atoms with E-state index in [4.69, 9.17) is 4.74 Å². The van der Waals surface area contributed by atoms with Crippen molar-refractivity contribution in [3.05, 3.63) is 59.9 Å². The summed E-state index contributed by atoms with van der Waals surface area (Å²) in [6, 6.07) is 12.2. The highest BCUT2D eigenvalue weighted by Crippen LogP contribution is 2.26. The Kier molecular flexibility index (Phi) is 6.56. The van der Waals surface area contributed by atoms with Gasteiger partial charge in [0, 0.05) is 11.3 Å². The summed E-state index contributed by atoms with van der Waals surface area (Å²) in [4.78, 5) is 24.1. The van der Waals surface area contributed by atoms with Gasteiger partial charge in [-0.2, -0.15) is 0 Å². The predicted molar refractivity (Wildman–Crippen MR) is 107 cm³/mol. The molecule has 0 saturated carbocycles. The molecule has 2 aromatic carbocycles. The third-order valence-corrected chi connectivity index (χ3v) is 5.41. The van der Waals surface area contributed by atoms with E-state index in [0.717, 1.165) is 11.3 Å². The first-order valence-corrected chi connectivity index (χ1v) is 9.81. The molecule has 3 rings (SSSR count). The Bertz CT molecular complexity index is 962. The molecule has 1 heterocycles. The van der Waals surface area contributed by atoms with Crippen molar-refractivity contribution in [1.29, 1.82) is 0 Å². The minimum absolute atomic E-state index is 0.145. The lowest BCUT2D eigenvalue weighted by Gasteiger charge is -2.05. The molecule has 0 aliphatic carbocycles. The van der Waals surface area contributed by atoms with Crippen LogP contribution in [0.2, 0.25) is 0 Å². The molecule has 2 amide bonds. The zero-order valence-electron chi connectivity index (χ0n) is 14.6. The Hall–Kier alpha value is -2.98. The van der Waals surface area contributed by atoms with Crippen LogP contribution in [0.3, 0.4) is 0 Å². The number of rotatable bonds is 7. The van der Waals surface area contributed by atoms with E-state index in [9.17, 15) is 14.0 Å². The Morgan fingerprint density at radius 1 is 1.07 bits per heavy atom. The number of carbonyl (C=O) groups is 2. The number of benzene rings is 2. The average molecular weight is 418 g/mol. The number of halogens is 1. The van der Waals surface area contributed by atoms with E-state index in [1.54, 1.807) is 31.4 Å². The van der Waals surface area contributed by atoms with E-state index in [2.05, 4.69) is 20.8 Å². The lowest BCUT2D eigenvalue weighted by molar-refractivity contribution is -0.113. The number of hydrogen-bond acceptors (Lipinski definition) is 7. The standard InChI is InChI=1S/C18H15FN4O3S2/c1-26-14-8-6-13(7-9-14)20-15(24)10-27-18-23-22-17(28-18)21-16(25)11-2-4-12(19)5-3-11/h2-9H,10H2,1H3,(H,20,24)(H,21,22,25). The maximum atomic E-state index is 12.9. The van der Waals surface area contributed by atoms with Gasteiger partial charge < -0.3 is 10.1 Å². The van der Waals surface area contributed by atoms with Crippen LogP contribution in [0.15, 0.2) is 52.9 Å². The Labute approximate surface area is 168 Å². The van der Waals surface area contributed by atoms with Gasteiger partial charge in [-0.25, -0.2) is 4.39 Å². The quantitative estimate of drug-likeness (QED) is 0.449. The SMILES string of the molecule is COc1ccc(NC(=O)CSc2nnc(NC(=O)c3ccc(F)cc3)s2)cc1. The number of hydrogen-bond donors (Lipinski definition) is 2. The molecule has 0 spiro atoms. The molecule has 0 atom stereocenters. The van der Waals surface area contributed by atoms with Gasteiger partial charge in [-0.15, -0.1) is 10.2 Å². The van der Waals surface area contributed by atoms with Gasteiger partial charge >= 0.3 is 0 Å². The van der Waals surface area contributed by atoms with Crippen LogP contribution in [-0.2, 0) is 4.79 Å². The number of nitrogens with one attached hydrogen (secondary N) is 2. The zero-order chi connectivity index (χ0) is 19.9. The molecular weight excluding hydrogens is 403 g/mol. The number of anilines is 2. The van der Waals surface area contributed by atoms with Crippen molar-refractivity contribution in [2.24, 2.45) is 0 Å². The molecule has 7 nitrogen and oxygen atoms in total. The summed E-state index contributed by atoms with van der Waals surface area (Å²) in [6.45, 7) is 0. The fourth-order valence-corrected chi connectivity index (χ4v) is 3.63. The Balaban J connectivity index is 1.49. The van der Waals surface area contributed by atoms with Gasteiger partial charge in [-0.3, -0.25) is 14.9 Å². The van der Waals surface area contributed by atoms with Crippen molar-refractivity contribution in [3.8, 4) is 5.75 Å². The van der Waals surface area contributed by atoms with Crippen molar-refractivity contribution < 1.29 is 18.7 Å². The fraction of sp³-hybridized carbons (Fsp3) is 0.111. The van der Waals surface area contributed by atoms with Gasteiger partial charge in [0.05, 0.1) is 12.9 Å². The van der Waals surface area contributed by atoms with E-state index >= 15 is 0 Å². The summed E-state index contributed by atoms with van der Waals surface area (Å²) in [5, 5.41) is 13.5. The van der Waals surface area contributed by atoms with Crippen molar-refractivity contribution in [1.82, 2.24) is 10.2 Å². The minimum Gasteiger partial charge on any atom is -0.497 e. The van der Waals surface area contributed by atoms with E-state index in [-0.39, 0.29) is 11.7 Å². The van der Waals surface area contributed by atoms with Crippen LogP contribution in [-0.4, -0.2) is 34.9 Å². The van der Waals surface area contributed by atoms with Gasteiger partial charge in [0.1, 0.15) is 11.6 Å². The van der Waals surface area contributed by atoms with Crippen LogP contribution in [0, 0.1) is 5.82 Å².